The van der Waals surface area contributed by atoms with Crippen LogP contribution in [0.15, 0.2) is 48.8 Å². The van der Waals surface area contributed by atoms with Gasteiger partial charge in [0.05, 0.1) is 13.2 Å². The minimum absolute atomic E-state index is 0.00831. The second kappa shape index (κ2) is 10.0. The third-order valence-corrected chi connectivity index (χ3v) is 4.60. The topological polar surface area (TPSA) is 63.7 Å². The highest BCUT2D eigenvalue weighted by Crippen LogP contribution is 2.13. The Morgan fingerprint density at radius 1 is 1.15 bits per heavy atom. The molecular formula is C21H27N3O3. The first kappa shape index (κ1) is 19.3. The number of amides is 1. The molecule has 144 valence electrons. The summed E-state index contributed by atoms with van der Waals surface area (Å²) in [5, 5.41) is 3.53. The van der Waals surface area contributed by atoms with Crippen LogP contribution in [0.4, 0.5) is 0 Å². The molecule has 1 fully saturated rings. The van der Waals surface area contributed by atoms with Crippen molar-refractivity contribution in [3.8, 4) is 5.75 Å². The van der Waals surface area contributed by atoms with Crippen LogP contribution < -0.4 is 10.1 Å². The maximum absolute atomic E-state index is 12.1. The van der Waals surface area contributed by atoms with Gasteiger partial charge in [-0.05, 0) is 48.7 Å². The Hall–Kier alpha value is -2.44. The quantitative estimate of drug-likeness (QED) is 0.772. The summed E-state index contributed by atoms with van der Waals surface area (Å²) in [6.07, 6.45) is 4.61. The van der Waals surface area contributed by atoms with E-state index < -0.39 is 0 Å². The van der Waals surface area contributed by atoms with E-state index in [2.05, 4.69) is 17.2 Å². The zero-order valence-corrected chi connectivity index (χ0v) is 15.8. The summed E-state index contributed by atoms with van der Waals surface area (Å²) in [7, 11) is 0. The third-order valence-electron chi connectivity index (χ3n) is 4.60. The van der Waals surface area contributed by atoms with E-state index in [0.29, 0.717) is 38.1 Å². The minimum atomic E-state index is 0.00831. The average Bonchev–Trinajstić information content (AvgIpc) is 2.72. The average molecular weight is 369 g/mol. The molecule has 1 N–H and O–H groups in total. The largest absolute Gasteiger partial charge is 0.484 e. The molecule has 0 aliphatic carbocycles. The lowest BCUT2D eigenvalue weighted by molar-refractivity contribution is -0.137. The molecule has 0 saturated carbocycles. The number of nitrogens with one attached hydrogen (secondary N) is 1. The van der Waals surface area contributed by atoms with Crippen LogP contribution in [0.1, 0.15) is 18.1 Å². The number of carbonyl (C=O) groups is 1. The number of morpholine rings is 1. The number of nitrogens with zero attached hydrogens (tertiary/aromatic N) is 2. The molecule has 1 amide bonds. The Labute approximate surface area is 160 Å². The maximum atomic E-state index is 12.1. The van der Waals surface area contributed by atoms with Gasteiger partial charge in [0, 0.05) is 38.1 Å². The molecule has 1 aromatic carbocycles. The van der Waals surface area contributed by atoms with Crippen LogP contribution in [0.5, 0.6) is 5.75 Å². The van der Waals surface area contributed by atoms with Crippen LogP contribution in [-0.4, -0.2) is 54.7 Å². The van der Waals surface area contributed by atoms with E-state index in [-0.39, 0.29) is 12.5 Å². The monoisotopic (exact) mass is 369 g/mol. The van der Waals surface area contributed by atoms with Crippen molar-refractivity contribution in [2.24, 2.45) is 0 Å². The van der Waals surface area contributed by atoms with Crippen molar-refractivity contribution in [1.82, 2.24) is 15.2 Å². The molecule has 1 saturated heterocycles. The number of carbonyl (C=O) groups excluding carboxylic acids is 1. The van der Waals surface area contributed by atoms with E-state index >= 15 is 0 Å². The van der Waals surface area contributed by atoms with E-state index in [1.54, 1.807) is 4.90 Å². The first-order chi connectivity index (χ1) is 13.2. The number of pyridine rings is 1. The summed E-state index contributed by atoms with van der Waals surface area (Å²) in [5.41, 5.74) is 2.46. The Balaban J connectivity index is 1.39. The molecule has 0 radical (unpaired) electrons. The zero-order valence-electron chi connectivity index (χ0n) is 15.8. The van der Waals surface area contributed by atoms with Gasteiger partial charge in [-0.1, -0.05) is 12.1 Å². The van der Waals surface area contributed by atoms with Gasteiger partial charge in [0.25, 0.3) is 5.91 Å². The highest BCUT2D eigenvalue weighted by molar-refractivity contribution is 5.77. The van der Waals surface area contributed by atoms with Gasteiger partial charge >= 0.3 is 0 Å². The van der Waals surface area contributed by atoms with Crippen molar-refractivity contribution in [2.75, 3.05) is 32.9 Å². The van der Waals surface area contributed by atoms with Crippen LogP contribution in [0.2, 0.25) is 0 Å². The SMILES string of the molecule is C[C@@H](Cc1ccncc1)NCc1ccc(OCC(=O)N2CCOCC2)cc1. The summed E-state index contributed by atoms with van der Waals surface area (Å²) in [6, 6.07) is 12.3. The first-order valence-corrected chi connectivity index (χ1v) is 9.40. The van der Waals surface area contributed by atoms with Gasteiger partial charge in [-0.3, -0.25) is 9.78 Å². The highest BCUT2D eigenvalue weighted by atomic mass is 16.5. The predicted octanol–water partition coefficient (Wildman–Crippen LogP) is 2.04. The van der Waals surface area contributed by atoms with Crippen LogP contribution in [-0.2, 0) is 22.5 Å². The summed E-state index contributed by atoms with van der Waals surface area (Å²) in [4.78, 5) is 17.9. The fourth-order valence-corrected chi connectivity index (χ4v) is 2.99. The molecule has 6 heteroatoms. The van der Waals surface area contributed by atoms with Crippen molar-refractivity contribution >= 4 is 5.91 Å². The summed E-state index contributed by atoms with van der Waals surface area (Å²) in [5.74, 6) is 0.721. The number of ether oxygens (including phenoxy) is 2. The second-order valence-corrected chi connectivity index (χ2v) is 6.77. The summed E-state index contributed by atoms with van der Waals surface area (Å²) in [6.45, 7) is 5.53. The van der Waals surface area contributed by atoms with Crippen LogP contribution in [0, 0.1) is 0 Å². The van der Waals surface area contributed by atoms with Crippen molar-refractivity contribution in [3.63, 3.8) is 0 Å². The predicted molar refractivity (Wildman–Crippen MR) is 104 cm³/mol. The molecule has 0 spiro atoms. The molecule has 0 bridgehead atoms. The molecule has 3 rings (SSSR count). The third kappa shape index (κ3) is 6.34. The second-order valence-electron chi connectivity index (χ2n) is 6.77. The van der Waals surface area contributed by atoms with E-state index in [4.69, 9.17) is 9.47 Å². The molecule has 1 atom stereocenters. The fourth-order valence-electron chi connectivity index (χ4n) is 2.99. The lowest BCUT2D eigenvalue weighted by atomic mass is 10.1. The number of rotatable bonds is 8. The van der Waals surface area contributed by atoms with Crippen molar-refractivity contribution in [1.29, 1.82) is 0 Å². The Morgan fingerprint density at radius 3 is 2.56 bits per heavy atom. The fraction of sp³-hybridized carbons (Fsp3) is 0.429. The minimum Gasteiger partial charge on any atom is -0.484 e. The lowest BCUT2D eigenvalue weighted by Gasteiger charge is -2.26. The molecule has 0 unspecified atom stereocenters. The maximum Gasteiger partial charge on any atom is 0.260 e. The molecule has 27 heavy (non-hydrogen) atoms. The van der Waals surface area contributed by atoms with Gasteiger partial charge in [0.2, 0.25) is 0 Å². The molecule has 1 aromatic heterocycles. The van der Waals surface area contributed by atoms with Gasteiger partial charge in [0.15, 0.2) is 6.61 Å². The number of aromatic nitrogens is 1. The van der Waals surface area contributed by atoms with E-state index in [0.717, 1.165) is 13.0 Å². The zero-order chi connectivity index (χ0) is 18.9. The summed E-state index contributed by atoms with van der Waals surface area (Å²) < 4.78 is 10.9. The molecule has 2 aromatic rings. The van der Waals surface area contributed by atoms with Crippen molar-refractivity contribution < 1.29 is 14.3 Å². The van der Waals surface area contributed by atoms with Gasteiger partial charge < -0.3 is 19.7 Å². The summed E-state index contributed by atoms with van der Waals surface area (Å²) >= 11 is 0. The molecule has 6 nitrogen and oxygen atoms in total. The molecule has 2 heterocycles. The van der Waals surface area contributed by atoms with Gasteiger partial charge in [-0.2, -0.15) is 0 Å². The first-order valence-electron chi connectivity index (χ1n) is 9.40. The van der Waals surface area contributed by atoms with E-state index in [1.807, 2.05) is 48.8 Å². The van der Waals surface area contributed by atoms with Crippen LogP contribution in [0.25, 0.3) is 0 Å². The van der Waals surface area contributed by atoms with Crippen LogP contribution in [0.3, 0.4) is 0 Å². The van der Waals surface area contributed by atoms with Crippen LogP contribution >= 0.6 is 0 Å². The van der Waals surface area contributed by atoms with E-state index in [9.17, 15) is 4.79 Å². The normalized spacial score (nSPS) is 15.4. The van der Waals surface area contributed by atoms with Crippen molar-refractivity contribution in [3.05, 3.63) is 59.9 Å². The van der Waals surface area contributed by atoms with Crippen molar-refractivity contribution in [2.45, 2.75) is 25.9 Å². The van der Waals surface area contributed by atoms with Gasteiger partial charge in [0.1, 0.15) is 5.75 Å². The van der Waals surface area contributed by atoms with Gasteiger partial charge in [-0.15, -0.1) is 0 Å². The Kier molecular flexibility index (Phi) is 7.19. The van der Waals surface area contributed by atoms with Gasteiger partial charge in [-0.25, -0.2) is 0 Å². The molecular weight excluding hydrogens is 342 g/mol. The Bertz CT molecular complexity index is 700. The van der Waals surface area contributed by atoms with E-state index in [1.165, 1.54) is 11.1 Å². The Morgan fingerprint density at radius 2 is 1.85 bits per heavy atom. The highest BCUT2D eigenvalue weighted by Gasteiger charge is 2.17. The standard InChI is InChI=1S/C21H27N3O3/c1-17(14-18-6-8-22-9-7-18)23-15-19-2-4-20(5-3-19)27-16-21(25)24-10-12-26-13-11-24/h2-9,17,23H,10-16H2,1H3/t17-/m0/s1. The number of benzene rings is 1. The lowest BCUT2D eigenvalue weighted by Crippen LogP contribution is -2.42. The number of hydrogen-bond acceptors (Lipinski definition) is 5. The number of hydrogen-bond donors (Lipinski definition) is 1. The molecule has 1 aliphatic rings. The smallest absolute Gasteiger partial charge is 0.260 e. The molecule has 1 aliphatic heterocycles.